The fourth-order valence-corrected chi connectivity index (χ4v) is 6.43. The molecule has 0 saturated carbocycles. The van der Waals surface area contributed by atoms with Crippen LogP contribution in [0.2, 0.25) is 5.02 Å². The zero-order valence-electron chi connectivity index (χ0n) is 23.4. The lowest BCUT2D eigenvalue weighted by Crippen LogP contribution is -2.28. The van der Waals surface area contributed by atoms with Gasteiger partial charge in [0, 0.05) is 12.1 Å². The zero-order chi connectivity index (χ0) is 30.5. The second kappa shape index (κ2) is 13.6. The number of nitrogens with zero attached hydrogens (tertiary/aromatic N) is 3. The van der Waals surface area contributed by atoms with Crippen LogP contribution in [0, 0.1) is 10.1 Å². The molecule has 0 atom stereocenters. The van der Waals surface area contributed by atoms with Gasteiger partial charge >= 0.3 is 0 Å². The van der Waals surface area contributed by atoms with E-state index in [-0.39, 0.29) is 18.2 Å². The minimum atomic E-state index is -0.448. The predicted molar refractivity (Wildman–Crippen MR) is 178 cm³/mol. The number of amides is 1. The van der Waals surface area contributed by atoms with Crippen molar-refractivity contribution in [3.05, 3.63) is 132 Å². The summed E-state index contributed by atoms with van der Waals surface area (Å²) >= 11 is 11.4. The van der Waals surface area contributed by atoms with Crippen LogP contribution in [0.15, 0.2) is 99.3 Å². The molecule has 1 amide bonds. The van der Waals surface area contributed by atoms with Gasteiger partial charge in [0.1, 0.15) is 6.61 Å². The van der Waals surface area contributed by atoms with Gasteiger partial charge in [-0.3, -0.25) is 19.8 Å². The lowest BCUT2D eigenvalue weighted by molar-refractivity contribution is -0.384. The van der Waals surface area contributed by atoms with Gasteiger partial charge in [-0.25, -0.2) is 4.99 Å². The normalized spacial score (nSPS) is 15.0. The molecule has 1 aliphatic rings. The summed E-state index contributed by atoms with van der Waals surface area (Å²) in [5.41, 5.74) is 5.23. The summed E-state index contributed by atoms with van der Waals surface area (Å²) in [6.45, 7) is 4.29. The van der Waals surface area contributed by atoms with Crippen LogP contribution in [0.25, 0.3) is 6.08 Å². The minimum Gasteiger partial charge on any atom is -0.486 e. The van der Waals surface area contributed by atoms with Gasteiger partial charge in [-0.05, 0) is 105 Å². The Hall–Kier alpha value is -3.92. The molecule has 218 valence electrons. The number of ether oxygens (including phenoxy) is 1. The van der Waals surface area contributed by atoms with Gasteiger partial charge < -0.3 is 4.74 Å². The van der Waals surface area contributed by atoms with E-state index in [0.717, 1.165) is 24.2 Å². The molecule has 0 N–H and O–H groups in total. The smallest absolute Gasteiger partial charge is 0.271 e. The number of anilines is 1. The molecule has 1 fully saturated rings. The highest BCUT2D eigenvalue weighted by Crippen LogP contribution is 2.40. The number of non-ortho nitro benzene ring substituents is 1. The quantitative estimate of drug-likeness (QED) is 0.100. The number of hydrogen-bond donors (Lipinski definition) is 0. The fraction of sp³-hybridized carbons (Fsp3) is 0.152. The third-order valence-electron chi connectivity index (χ3n) is 6.80. The van der Waals surface area contributed by atoms with Crippen LogP contribution in [0.4, 0.5) is 17.1 Å². The number of rotatable bonds is 9. The molecule has 0 bridgehead atoms. The molecule has 4 aromatic rings. The highest BCUT2D eigenvalue weighted by molar-refractivity contribution is 9.10. The first-order valence-electron chi connectivity index (χ1n) is 13.6. The summed E-state index contributed by atoms with van der Waals surface area (Å²) in [5, 5.41) is 12.0. The molecule has 4 aromatic carbocycles. The topological polar surface area (TPSA) is 85.0 Å². The third kappa shape index (κ3) is 7.18. The van der Waals surface area contributed by atoms with E-state index in [1.165, 1.54) is 35.0 Å². The van der Waals surface area contributed by atoms with Gasteiger partial charge in [-0.15, -0.1) is 0 Å². The van der Waals surface area contributed by atoms with Crippen LogP contribution in [0.1, 0.15) is 36.1 Å². The third-order valence-corrected chi connectivity index (χ3v) is 8.64. The number of thioether (sulfide) groups is 1. The maximum Gasteiger partial charge on any atom is 0.271 e. The van der Waals surface area contributed by atoms with E-state index in [0.29, 0.717) is 36.4 Å². The highest BCUT2D eigenvalue weighted by Gasteiger charge is 2.35. The van der Waals surface area contributed by atoms with Crippen LogP contribution < -0.4 is 9.64 Å². The summed E-state index contributed by atoms with van der Waals surface area (Å²) in [4.78, 5) is 31.4. The van der Waals surface area contributed by atoms with Crippen molar-refractivity contribution in [3.8, 4) is 5.75 Å². The summed E-state index contributed by atoms with van der Waals surface area (Å²) < 4.78 is 6.49. The Labute approximate surface area is 267 Å². The average Bonchev–Trinajstić information content (AvgIpc) is 3.30. The minimum absolute atomic E-state index is 0.0109. The first kappa shape index (κ1) is 30.5. The number of hydrogen-bond acceptors (Lipinski definition) is 6. The molecule has 0 spiro atoms. The van der Waals surface area contributed by atoms with E-state index in [1.807, 2.05) is 54.6 Å². The first-order chi connectivity index (χ1) is 20.7. The van der Waals surface area contributed by atoms with Crippen LogP contribution in [0.5, 0.6) is 5.75 Å². The Morgan fingerprint density at radius 2 is 1.65 bits per heavy atom. The maximum absolute atomic E-state index is 13.8. The zero-order valence-corrected chi connectivity index (χ0v) is 26.6. The van der Waals surface area contributed by atoms with Crippen molar-refractivity contribution >= 4 is 73.5 Å². The number of aliphatic imine (C=N–C) groups is 1. The summed E-state index contributed by atoms with van der Waals surface area (Å²) in [6.07, 6.45) is 3.62. The fourth-order valence-electron chi connectivity index (χ4n) is 4.44. The monoisotopic (exact) mass is 675 g/mol. The van der Waals surface area contributed by atoms with E-state index < -0.39 is 4.92 Å². The van der Waals surface area contributed by atoms with Gasteiger partial charge in [-0.2, -0.15) is 0 Å². The number of carbonyl (C=O) groups is 1. The number of carbonyl (C=O) groups excluding carboxylic acids is 1. The van der Waals surface area contributed by atoms with Gasteiger partial charge in [0.15, 0.2) is 10.9 Å². The Morgan fingerprint density at radius 3 is 2.28 bits per heavy atom. The van der Waals surface area contributed by atoms with Crippen molar-refractivity contribution in [2.45, 2.75) is 33.3 Å². The predicted octanol–water partition coefficient (Wildman–Crippen LogP) is 9.52. The van der Waals surface area contributed by atoms with Gasteiger partial charge in [0.25, 0.3) is 11.6 Å². The van der Waals surface area contributed by atoms with Crippen molar-refractivity contribution in [2.75, 3.05) is 4.90 Å². The molecule has 0 radical (unpaired) electrons. The Balaban J connectivity index is 1.43. The van der Waals surface area contributed by atoms with Crippen LogP contribution in [-0.2, 0) is 24.2 Å². The molecule has 0 aromatic heterocycles. The highest BCUT2D eigenvalue weighted by atomic mass is 79.9. The molecule has 43 heavy (non-hydrogen) atoms. The van der Waals surface area contributed by atoms with Crippen LogP contribution in [-0.4, -0.2) is 16.0 Å². The molecular weight excluding hydrogens is 650 g/mol. The number of nitro benzene ring substituents is 1. The molecule has 1 saturated heterocycles. The molecule has 5 rings (SSSR count). The van der Waals surface area contributed by atoms with E-state index in [9.17, 15) is 14.9 Å². The van der Waals surface area contributed by atoms with Crippen molar-refractivity contribution in [2.24, 2.45) is 4.99 Å². The van der Waals surface area contributed by atoms with E-state index in [2.05, 4.69) is 29.8 Å². The summed E-state index contributed by atoms with van der Waals surface area (Å²) in [5.74, 6) is 0.215. The van der Waals surface area contributed by atoms with Crippen molar-refractivity contribution in [3.63, 3.8) is 0 Å². The lowest BCUT2D eigenvalue weighted by Gasteiger charge is -2.16. The lowest BCUT2D eigenvalue weighted by atomic mass is 10.1. The summed E-state index contributed by atoms with van der Waals surface area (Å²) in [7, 11) is 0. The van der Waals surface area contributed by atoms with Crippen LogP contribution in [0.3, 0.4) is 0 Å². The largest absolute Gasteiger partial charge is 0.486 e. The Morgan fingerprint density at radius 1 is 0.977 bits per heavy atom. The molecule has 0 unspecified atom stereocenters. The Kier molecular flexibility index (Phi) is 9.65. The van der Waals surface area contributed by atoms with E-state index in [4.69, 9.17) is 21.3 Å². The van der Waals surface area contributed by atoms with E-state index in [1.54, 1.807) is 29.2 Å². The number of halogens is 2. The second-order valence-electron chi connectivity index (χ2n) is 9.71. The molecule has 10 heteroatoms. The van der Waals surface area contributed by atoms with Crippen LogP contribution >= 0.6 is 39.3 Å². The number of benzene rings is 4. The van der Waals surface area contributed by atoms with Gasteiger partial charge in [0.05, 0.1) is 30.7 Å². The van der Waals surface area contributed by atoms with Crippen molar-refractivity contribution < 1.29 is 14.5 Å². The second-order valence-corrected chi connectivity index (χ2v) is 12.0. The number of amidine groups is 1. The molecule has 7 nitrogen and oxygen atoms in total. The van der Waals surface area contributed by atoms with Gasteiger partial charge in [0.2, 0.25) is 0 Å². The molecule has 1 aliphatic heterocycles. The Bertz CT molecular complexity index is 1720. The maximum atomic E-state index is 13.8. The van der Waals surface area contributed by atoms with Crippen molar-refractivity contribution in [1.82, 2.24) is 0 Å². The molecule has 1 heterocycles. The van der Waals surface area contributed by atoms with Gasteiger partial charge in [-0.1, -0.05) is 61.8 Å². The molecule has 0 aliphatic carbocycles. The molecular formula is C33H27BrClN3O4S. The average molecular weight is 677 g/mol. The van der Waals surface area contributed by atoms with Crippen molar-refractivity contribution in [1.29, 1.82) is 0 Å². The standard InChI is InChI=1S/C33H27BrClN3O4S/c1-3-21-8-12-25(13-9-21)36-33-37(26-14-10-22(4-2)11-15-26)32(39)30(43-33)19-24-17-28(34)31(29(35)18-24)42-20-23-6-5-7-27(16-23)38(40)41/h5-19H,3-4,20H2,1-2H3/b30-19-,36-33?. The number of nitro groups is 1. The summed E-state index contributed by atoms with van der Waals surface area (Å²) in [6, 6.07) is 25.7. The number of aryl methyl sites for hydroxylation is 2. The first-order valence-corrected chi connectivity index (χ1v) is 15.6. The SMILES string of the molecule is CCc1ccc(N=C2S/C(=C\c3cc(Cl)c(OCc4cccc([N+](=O)[O-])c4)c(Br)c3)C(=O)N2c2ccc(CC)cc2)cc1. The van der Waals surface area contributed by atoms with E-state index >= 15 is 0 Å².